The van der Waals surface area contributed by atoms with Gasteiger partial charge in [-0.25, -0.2) is 9.97 Å². The van der Waals surface area contributed by atoms with E-state index in [4.69, 9.17) is 0 Å². The third-order valence-electron chi connectivity index (χ3n) is 4.82. The summed E-state index contributed by atoms with van der Waals surface area (Å²) in [5.74, 6) is -0.255. The molecule has 2 heterocycles. The van der Waals surface area contributed by atoms with Crippen molar-refractivity contribution in [2.75, 3.05) is 5.32 Å². The predicted molar refractivity (Wildman–Crippen MR) is 127 cm³/mol. The Hall–Kier alpha value is -4.32. The minimum Gasteiger partial charge on any atom is -0.322 e. The van der Waals surface area contributed by atoms with E-state index in [1.165, 1.54) is 6.08 Å². The highest BCUT2D eigenvalue weighted by molar-refractivity contribution is 5.99. The van der Waals surface area contributed by atoms with Crippen LogP contribution in [0.3, 0.4) is 0 Å². The Kier molecular flexibility index (Phi) is 6.32. The lowest BCUT2D eigenvalue weighted by Gasteiger charge is -2.13. The van der Waals surface area contributed by atoms with Gasteiger partial charge < -0.3 is 5.32 Å². The smallest absolute Gasteiger partial charge is 0.278 e. The zero-order chi connectivity index (χ0) is 22.3. The van der Waals surface area contributed by atoms with E-state index in [-0.39, 0.29) is 11.5 Å². The molecule has 6 heteroatoms. The first kappa shape index (κ1) is 20.9. The predicted octanol–water partition coefficient (Wildman–Crippen LogP) is 4.44. The summed E-state index contributed by atoms with van der Waals surface area (Å²) in [6.07, 6.45) is 8.77. The molecule has 2 aromatic carbocycles. The number of nitrogens with one attached hydrogen (secondary N) is 1. The van der Waals surface area contributed by atoms with Crippen LogP contribution in [0.2, 0.25) is 0 Å². The van der Waals surface area contributed by atoms with E-state index in [1.54, 1.807) is 47.2 Å². The van der Waals surface area contributed by atoms with Crippen molar-refractivity contribution in [3.05, 3.63) is 119 Å². The van der Waals surface area contributed by atoms with E-state index in [1.807, 2.05) is 55.5 Å². The van der Waals surface area contributed by atoms with E-state index in [0.717, 1.165) is 5.56 Å². The van der Waals surface area contributed by atoms with Gasteiger partial charge in [-0.2, -0.15) is 0 Å². The van der Waals surface area contributed by atoms with Gasteiger partial charge in [-0.15, -0.1) is 0 Å². The fourth-order valence-electron chi connectivity index (χ4n) is 3.37. The lowest BCUT2D eigenvalue weighted by atomic mass is 10.1. The molecular formula is C26H22N4O2. The first-order valence-electron chi connectivity index (χ1n) is 10.3. The number of allylic oxidation sites excluding steroid dienone is 3. The normalized spacial score (nSPS) is 11.4. The SMILES string of the molecule is C/C=C/C=C/C(=O)Nc1cccc(-n2c(=O)c(Cc3ccccc3)nc3cccnc32)c1. The summed E-state index contributed by atoms with van der Waals surface area (Å²) in [7, 11) is 0. The van der Waals surface area contributed by atoms with Crippen molar-refractivity contribution in [1.29, 1.82) is 0 Å². The number of hydrogen-bond donors (Lipinski definition) is 1. The second-order valence-corrected chi connectivity index (χ2v) is 7.13. The number of carbonyl (C=O) groups is 1. The van der Waals surface area contributed by atoms with Crippen LogP contribution < -0.4 is 10.9 Å². The van der Waals surface area contributed by atoms with Crippen molar-refractivity contribution < 1.29 is 4.79 Å². The van der Waals surface area contributed by atoms with Crippen LogP contribution in [0.15, 0.2) is 102 Å². The second-order valence-electron chi connectivity index (χ2n) is 7.13. The van der Waals surface area contributed by atoms with Crippen molar-refractivity contribution in [2.45, 2.75) is 13.3 Å². The lowest BCUT2D eigenvalue weighted by Crippen LogP contribution is -2.25. The minimum absolute atomic E-state index is 0.239. The largest absolute Gasteiger partial charge is 0.322 e. The van der Waals surface area contributed by atoms with Gasteiger partial charge in [-0.1, -0.05) is 54.6 Å². The monoisotopic (exact) mass is 422 g/mol. The summed E-state index contributed by atoms with van der Waals surface area (Å²) in [6.45, 7) is 1.88. The molecule has 1 N–H and O–H groups in total. The summed E-state index contributed by atoms with van der Waals surface area (Å²) in [5, 5.41) is 2.82. The second kappa shape index (κ2) is 9.66. The average molecular weight is 422 g/mol. The highest BCUT2D eigenvalue weighted by Gasteiger charge is 2.14. The molecule has 6 nitrogen and oxygen atoms in total. The maximum atomic E-state index is 13.4. The van der Waals surface area contributed by atoms with Gasteiger partial charge in [0.25, 0.3) is 5.56 Å². The summed E-state index contributed by atoms with van der Waals surface area (Å²) < 4.78 is 1.55. The standard InChI is InChI=1S/C26H22N4O2/c1-2-3-5-15-24(31)28-20-12-8-13-21(18-20)30-25-22(14-9-16-27-25)29-23(26(30)32)17-19-10-6-4-7-11-19/h2-16,18H,17H2,1H3,(H,28,31)/b3-2+,15-5+. The number of fused-ring (bicyclic) bond motifs is 1. The van der Waals surface area contributed by atoms with Gasteiger partial charge >= 0.3 is 0 Å². The van der Waals surface area contributed by atoms with Crippen molar-refractivity contribution in [3.8, 4) is 5.69 Å². The molecule has 0 bridgehead atoms. The third-order valence-corrected chi connectivity index (χ3v) is 4.82. The summed E-state index contributed by atoms with van der Waals surface area (Å²) in [5.41, 5.74) is 3.46. The Balaban J connectivity index is 1.78. The van der Waals surface area contributed by atoms with E-state index < -0.39 is 0 Å². The Morgan fingerprint density at radius 1 is 1.03 bits per heavy atom. The van der Waals surface area contributed by atoms with Crippen molar-refractivity contribution in [1.82, 2.24) is 14.5 Å². The molecule has 0 aliphatic rings. The highest BCUT2D eigenvalue weighted by atomic mass is 16.1. The van der Waals surface area contributed by atoms with Crippen molar-refractivity contribution >= 4 is 22.8 Å². The molecular weight excluding hydrogens is 400 g/mol. The number of carbonyl (C=O) groups excluding carboxylic acids is 1. The number of benzene rings is 2. The first-order chi connectivity index (χ1) is 15.7. The summed E-state index contributed by atoms with van der Waals surface area (Å²) >= 11 is 0. The molecule has 0 radical (unpaired) electrons. The van der Waals surface area contributed by atoms with Gasteiger partial charge in [0.15, 0.2) is 5.65 Å². The average Bonchev–Trinajstić information content (AvgIpc) is 2.81. The van der Waals surface area contributed by atoms with Crippen LogP contribution in [0, 0.1) is 0 Å². The molecule has 0 atom stereocenters. The Morgan fingerprint density at radius 3 is 2.69 bits per heavy atom. The van der Waals surface area contributed by atoms with Crippen LogP contribution in [0.4, 0.5) is 5.69 Å². The van der Waals surface area contributed by atoms with Gasteiger partial charge in [0.2, 0.25) is 5.91 Å². The van der Waals surface area contributed by atoms with Crippen molar-refractivity contribution in [3.63, 3.8) is 0 Å². The number of aromatic nitrogens is 3. The quantitative estimate of drug-likeness (QED) is 0.368. The van der Waals surface area contributed by atoms with E-state index in [0.29, 0.717) is 34.7 Å². The van der Waals surface area contributed by atoms with Crippen molar-refractivity contribution in [2.24, 2.45) is 0 Å². The van der Waals surface area contributed by atoms with Crippen LogP contribution in [0.25, 0.3) is 16.9 Å². The Bertz CT molecular complexity index is 1370. The highest BCUT2D eigenvalue weighted by Crippen LogP contribution is 2.18. The first-order valence-corrected chi connectivity index (χ1v) is 10.3. The molecule has 4 rings (SSSR count). The number of anilines is 1. The zero-order valence-corrected chi connectivity index (χ0v) is 17.6. The van der Waals surface area contributed by atoms with E-state index in [9.17, 15) is 9.59 Å². The van der Waals surface area contributed by atoms with Crippen LogP contribution in [-0.2, 0) is 11.2 Å². The minimum atomic E-state index is -0.255. The van der Waals surface area contributed by atoms with Gasteiger partial charge in [0.05, 0.1) is 5.69 Å². The number of nitrogens with zero attached hydrogens (tertiary/aromatic N) is 3. The Labute approximate surface area is 185 Å². The lowest BCUT2D eigenvalue weighted by molar-refractivity contribution is -0.111. The third kappa shape index (κ3) is 4.70. The molecule has 0 saturated heterocycles. The van der Waals surface area contributed by atoms with Crippen LogP contribution in [-0.4, -0.2) is 20.4 Å². The number of hydrogen-bond acceptors (Lipinski definition) is 4. The molecule has 0 aliphatic heterocycles. The fraction of sp³-hybridized carbons (Fsp3) is 0.0769. The molecule has 0 fully saturated rings. The van der Waals surface area contributed by atoms with Crippen LogP contribution >= 0.6 is 0 Å². The number of rotatable bonds is 6. The molecule has 32 heavy (non-hydrogen) atoms. The van der Waals surface area contributed by atoms with E-state index >= 15 is 0 Å². The fourth-order valence-corrected chi connectivity index (χ4v) is 3.37. The molecule has 158 valence electrons. The van der Waals surface area contributed by atoms with Crippen LogP contribution in [0.5, 0.6) is 0 Å². The van der Waals surface area contributed by atoms with Crippen LogP contribution in [0.1, 0.15) is 18.2 Å². The zero-order valence-electron chi connectivity index (χ0n) is 17.6. The number of pyridine rings is 1. The molecule has 4 aromatic rings. The molecule has 0 spiro atoms. The maximum Gasteiger partial charge on any atom is 0.278 e. The van der Waals surface area contributed by atoms with Gasteiger partial charge in [0, 0.05) is 24.4 Å². The van der Waals surface area contributed by atoms with E-state index in [2.05, 4.69) is 15.3 Å². The molecule has 0 saturated carbocycles. The summed E-state index contributed by atoms with van der Waals surface area (Å²) in [6, 6.07) is 20.5. The van der Waals surface area contributed by atoms with Gasteiger partial charge in [-0.3, -0.25) is 14.2 Å². The molecule has 1 amide bonds. The summed E-state index contributed by atoms with van der Waals surface area (Å²) in [4.78, 5) is 34.6. The Morgan fingerprint density at radius 2 is 1.88 bits per heavy atom. The molecule has 2 aromatic heterocycles. The maximum absolute atomic E-state index is 13.4. The van der Waals surface area contributed by atoms with Gasteiger partial charge in [-0.05, 0) is 42.8 Å². The number of amides is 1. The molecule has 0 unspecified atom stereocenters. The van der Waals surface area contributed by atoms with Gasteiger partial charge in [0.1, 0.15) is 11.2 Å². The topological polar surface area (TPSA) is 76.9 Å². The molecule has 0 aliphatic carbocycles.